The Kier molecular flexibility index (Phi) is 3.80. The molecule has 0 bridgehead atoms. The van der Waals surface area contributed by atoms with Gasteiger partial charge in [0.05, 0.1) is 7.11 Å². The predicted molar refractivity (Wildman–Crippen MR) is 54.3 cm³/mol. The van der Waals surface area contributed by atoms with Gasteiger partial charge in [0.1, 0.15) is 5.60 Å². The van der Waals surface area contributed by atoms with Gasteiger partial charge in [0.25, 0.3) is 0 Å². The lowest BCUT2D eigenvalue weighted by molar-refractivity contribution is -0.141. The van der Waals surface area contributed by atoms with Crippen molar-refractivity contribution in [2.45, 2.75) is 18.4 Å². The molecular weight excluding hydrogens is 196 g/mol. The van der Waals surface area contributed by atoms with Gasteiger partial charge < -0.3 is 9.47 Å². The Morgan fingerprint density at radius 2 is 1.93 bits per heavy atom. The van der Waals surface area contributed by atoms with Gasteiger partial charge in [-0.1, -0.05) is 0 Å². The summed E-state index contributed by atoms with van der Waals surface area (Å²) in [4.78, 5) is 21.9. The Balaban J connectivity index is 2.63. The molecule has 0 heterocycles. The van der Waals surface area contributed by atoms with Crippen LogP contribution < -0.4 is 0 Å². The first-order valence-corrected chi connectivity index (χ1v) is 4.66. The summed E-state index contributed by atoms with van der Waals surface area (Å²) in [7, 11) is 2.89. The fraction of sp³-hybridized carbons (Fsp3) is 0.455. The van der Waals surface area contributed by atoms with Gasteiger partial charge in [-0.3, -0.25) is 9.59 Å². The maximum atomic E-state index is 11.0. The topological polar surface area (TPSA) is 52.6 Å². The first kappa shape index (κ1) is 11.7. The van der Waals surface area contributed by atoms with Crippen molar-refractivity contribution in [3.63, 3.8) is 0 Å². The van der Waals surface area contributed by atoms with Crippen LogP contribution >= 0.6 is 0 Å². The van der Waals surface area contributed by atoms with Crippen molar-refractivity contribution >= 4 is 11.8 Å². The number of hydrogen-bond acceptors (Lipinski definition) is 4. The maximum absolute atomic E-state index is 11.0. The van der Waals surface area contributed by atoms with E-state index in [0.717, 1.165) is 0 Å². The monoisotopic (exact) mass is 210 g/mol. The highest BCUT2D eigenvalue weighted by atomic mass is 16.5. The molecule has 4 nitrogen and oxygen atoms in total. The molecule has 0 unspecified atom stereocenters. The summed E-state index contributed by atoms with van der Waals surface area (Å²) in [5.41, 5.74) is -0.651. The van der Waals surface area contributed by atoms with Crippen molar-refractivity contribution in [2.75, 3.05) is 14.2 Å². The normalized spacial score (nSPS) is 17.9. The molecule has 0 saturated carbocycles. The lowest BCUT2D eigenvalue weighted by Gasteiger charge is -2.26. The summed E-state index contributed by atoms with van der Waals surface area (Å²) in [5.74, 6) is -0.356. The average molecular weight is 210 g/mol. The van der Waals surface area contributed by atoms with Crippen LogP contribution in [0.15, 0.2) is 24.3 Å². The van der Waals surface area contributed by atoms with Crippen LogP contribution in [-0.2, 0) is 19.1 Å². The molecule has 1 aliphatic carbocycles. The number of carbonyl (C=O) groups is 2. The van der Waals surface area contributed by atoms with E-state index < -0.39 is 5.60 Å². The molecule has 4 heteroatoms. The van der Waals surface area contributed by atoms with E-state index >= 15 is 0 Å². The zero-order valence-electron chi connectivity index (χ0n) is 8.86. The summed E-state index contributed by atoms with van der Waals surface area (Å²) in [5, 5.41) is 0. The summed E-state index contributed by atoms with van der Waals surface area (Å²) >= 11 is 0. The molecule has 0 aliphatic heterocycles. The molecule has 0 aromatic heterocycles. The van der Waals surface area contributed by atoms with E-state index in [0.29, 0.717) is 6.42 Å². The van der Waals surface area contributed by atoms with E-state index in [2.05, 4.69) is 4.74 Å². The van der Waals surface area contributed by atoms with Crippen LogP contribution in [0.5, 0.6) is 0 Å². The number of allylic oxidation sites excluding steroid dienone is 2. The molecule has 1 rings (SSSR count). The van der Waals surface area contributed by atoms with Crippen LogP contribution in [0.1, 0.15) is 12.8 Å². The average Bonchev–Trinajstić information content (AvgIpc) is 2.28. The number of rotatable bonds is 4. The lowest BCUT2D eigenvalue weighted by Crippen LogP contribution is -2.29. The quantitative estimate of drug-likeness (QED) is 0.650. The van der Waals surface area contributed by atoms with Crippen molar-refractivity contribution in [1.82, 2.24) is 0 Å². The molecule has 82 valence electrons. The van der Waals surface area contributed by atoms with Crippen LogP contribution in [0.4, 0.5) is 0 Å². The molecule has 0 atom stereocenters. The number of ether oxygens (including phenoxy) is 2. The molecule has 0 aromatic carbocycles. The number of methoxy groups -OCH3 is 2. The molecule has 0 fully saturated rings. The second-order valence-electron chi connectivity index (χ2n) is 3.30. The Bertz CT molecular complexity index is 299. The van der Waals surface area contributed by atoms with Gasteiger partial charge in [0, 0.05) is 13.5 Å². The Morgan fingerprint density at radius 3 is 2.40 bits per heavy atom. The zero-order valence-corrected chi connectivity index (χ0v) is 8.86. The summed E-state index contributed by atoms with van der Waals surface area (Å²) < 4.78 is 9.83. The molecule has 1 aliphatic rings. The molecule has 0 N–H and O–H groups in total. The highest BCUT2D eigenvalue weighted by Crippen LogP contribution is 2.24. The number of esters is 1. The predicted octanol–water partition coefficient (Wildman–Crippen LogP) is 1.02. The van der Waals surface area contributed by atoms with Crippen molar-refractivity contribution in [2.24, 2.45) is 0 Å². The minimum Gasteiger partial charge on any atom is -0.469 e. The number of ketones is 1. The van der Waals surface area contributed by atoms with Crippen LogP contribution in [0.25, 0.3) is 0 Å². The van der Waals surface area contributed by atoms with E-state index in [1.807, 2.05) is 0 Å². The second-order valence-corrected chi connectivity index (χ2v) is 3.30. The summed E-state index contributed by atoms with van der Waals surface area (Å²) in [6, 6.07) is 0. The van der Waals surface area contributed by atoms with E-state index in [-0.39, 0.29) is 18.2 Å². The molecule has 15 heavy (non-hydrogen) atoms. The van der Waals surface area contributed by atoms with E-state index in [4.69, 9.17) is 4.74 Å². The van der Waals surface area contributed by atoms with Crippen molar-refractivity contribution in [3.8, 4) is 0 Å². The minimum atomic E-state index is -0.651. The third-order valence-electron chi connectivity index (χ3n) is 2.39. The minimum absolute atomic E-state index is 0.0688. The fourth-order valence-corrected chi connectivity index (χ4v) is 1.36. The summed E-state index contributed by atoms with van der Waals surface area (Å²) in [6.45, 7) is 0. The van der Waals surface area contributed by atoms with Crippen molar-refractivity contribution in [1.29, 1.82) is 0 Å². The van der Waals surface area contributed by atoms with Gasteiger partial charge in [-0.05, 0) is 30.7 Å². The third-order valence-corrected chi connectivity index (χ3v) is 2.39. The third kappa shape index (κ3) is 3.02. The number of carbonyl (C=O) groups excluding carboxylic acids is 2. The zero-order chi connectivity index (χ0) is 11.3. The molecule has 0 spiro atoms. The molecule has 0 amide bonds. The SMILES string of the molecule is COC(=O)CCC1(OC)C=CC(=O)C=C1. The second kappa shape index (κ2) is 4.89. The maximum Gasteiger partial charge on any atom is 0.305 e. The largest absolute Gasteiger partial charge is 0.469 e. The molecule has 0 radical (unpaired) electrons. The van der Waals surface area contributed by atoms with Crippen molar-refractivity contribution in [3.05, 3.63) is 24.3 Å². The summed E-state index contributed by atoms with van der Waals surface area (Å²) in [6.07, 6.45) is 6.95. The smallest absolute Gasteiger partial charge is 0.305 e. The van der Waals surface area contributed by atoms with E-state index in [1.165, 1.54) is 19.3 Å². The van der Waals surface area contributed by atoms with E-state index in [1.54, 1.807) is 19.3 Å². The highest BCUT2D eigenvalue weighted by molar-refractivity contribution is 6.00. The highest BCUT2D eigenvalue weighted by Gasteiger charge is 2.27. The molecule has 0 saturated heterocycles. The molecular formula is C11H14O4. The Morgan fingerprint density at radius 1 is 1.33 bits per heavy atom. The molecule has 0 aromatic rings. The van der Waals surface area contributed by atoms with Gasteiger partial charge in [-0.2, -0.15) is 0 Å². The van der Waals surface area contributed by atoms with Gasteiger partial charge in [-0.15, -0.1) is 0 Å². The number of hydrogen-bond donors (Lipinski definition) is 0. The van der Waals surface area contributed by atoms with Gasteiger partial charge in [-0.25, -0.2) is 0 Å². The van der Waals surface area contributed by atoms with Crippen LogP contribution in [0.2, 0.25) is 0 Å². The van der Waals surface area contributed by atoms with E-state index in [9.17, 15) is 9.59 Å². The van der Waals surface area contributed by atoms with Gasteiger partial charge in [0.15, 0.2) is 5.78 Å². The first-order chi connectivity index (χ1) is 7.12. The first-order valence-electron chi connectivity index (χ1n) is 4.66. The van der Waals surface area contributed by atoms with Crippen LogP contribution in [0, 0.1) is 0 Å². The van der Waals surface area contributed by atoms with Crippen molar-refractivity contribution < 1.29 is 19.1 Å². The fourth-order valence-electron chi connectivity index (χ4n) is 1.36. The van der Waals surface area contributed by atoms with Gasteiger partial charge in [0.2, 0.25) is 0 Å². The van der Waals surface area contributed by atoms with Crippen LogP contribution in [-0.4, -0.2) is 31.6 Å². The Hall–Kier alpha value is -1.42. The van der Waals surface area contributed by atoms with Gasteiger partial charge >= 0.3 is 5.97 Å². The Labute approximate surface area is 88.6 Å². The van der Waals surface area contributed by atoms with Crippen LogP contribution in [0.3, 0.4) is 0 Å². The standard InChI is InChI=1S/C11H14O4/c1-14-10(13)5-8-11(15-2)6-3-9(12)4-7-11/h3-4,6-7H,5,8H2,1-2H3. The lowest BCUT2D eigenvalue weighted by atomic mass is 9.92.